The van der Waals surface area contributed by atoms with E-state index in [2.05, 4.69) is 0 Å². The van der Waals surface area contributed by atoms with Gasteiger partial charge in [-0.05, 0) is 43.7 Å². The van der Waals surface area contributed by atoms with Crippen molar-refractivity contribution in [2.24, 2.45) is 11.5 Å². The number of carbonyl (C=O) groups is 1. The average molecular weight is 254 g/mol. The van der Waals surface area contributed by atoms with Gasteiger partial charge in [-0.2, -0.15) is 0 Å². The molecule has 1 aliphatic rings. The topological polar surface area (TPSA) is 69.1 Å². The molecule has 3 nitrogen and oxygen atoms in total. The van der Waals surface area contributed by atoms with E-state index in [0.29, 0.717) is 12.8 Å². The smallest absolute Gasteiger partial charge is 0.249 e. The highest BCUT2D eigenvalue weighted by Crippen LogP contribution is 2.36. The van der Waals surface area contributed by atoms with E-state index in [1.54, 1.807) is 0 Å². The van der Waals surface area contributed by atoms with Crippen LogP contribution >= 0.6 is 0 Å². The van der Waals surface area contributed by atoms with E-state index in [9.17, 15) is 13.6 Å². The summed E-state index contributed by atoms with van der Waals surface area (Å²) in [4.78, 5) is 11.3. The highest BCUT2D eigenvalue weighted by Gasteiger charge is 2.27. The standard InChI is InChI=1S/C13H16F2N2O/c14-10-6-5-9(13(17)18)11(12(10)15)7-1-3-8(16)4-2-7/h5-8H,1-4,16H2,(H2,17,18). The molecular formula is C13H16F2N2O. The Balaban J connectivity index is 2.41. The molecule has 1 aliphatic carbocycles. The van der Waals surface area contributed by atoms with Gasteiger partial charge in [-0.25, -0.2) is 8.78 Å². The Morgan fingerprint density at radius 1 is 1.17 bits per heavy atom. The van der Waals surface area contributed by atoms with Crippen LogP contribution in [0.4, 0.5) is 8.78 Å². The number of carbonyl (C=O) groups excluding carboxylic acids is 1. The van der Waals surface area contributed by atoms with Crippen molar-refractivity contribution in [2.75, 3.05) is 0 Å². The molecule has 0 spiro atoms. The predicted octanol–water partition coefficient (Wildman–Crippen LogP) is 2.05. The number of primary amides is 1. The molecule has 1 aromatic carbocycles. The van der Waals surface area contributed by atoms with Gasteiger partial charge in [0.15, 0.2) is 11.6 Å². The fraction of sp³-hybridized carbons (Fsp3) is 0.462. The molecule has 1 amide bonds. The predicted molar refractivity (Wildman–Crippen MR) is 64.1 cm³/mol. The largest absolute Gasteiger partial charge is 0.366 e. The quantitative estimate of drug-likeness (QED) is 0.848. The molecule has 1 fully saturated rings. The Kier molecular flexibility index (Phi) is 3.61. The Labute approximate surface area is 104 Å². The Morgan fingerprint density at radius 3 is 2.33 bits per heavy atom. The second-order valence-electron chi connectivity index (χ2n) is 4.80. The van der Waals surface area contributed by atoms with Crippen LogP contribution < -0.4 is 11.5 Å². The van der Waals surface area contributed by atoms with Gasteiger partial charge in [0.05, 0.1) is 0 Å². The van der Waals surface area contributed by atoms with Gasteiger partial charge >= 0.3 is 0 Å². The Bertz CT molecular complexity index is 468. The van der Waals surface area contributed by atoms with Gasteiger partial charge in [0.2, 0.25) is 5.91 Å². The Morgan fingerprint density at radius 2 is 1.78 bits per heavy atom. The molecule has 1 saturated carbocycles. The summed E-state index contributed by atoms with van der Waals surface area (Å²) in [7, 11) is 0. The second kappa shape index (κ2) is 5.02. The van der Waals surface area contributed by atoms with E-state index in [0.717, 1.165) is 18.9 Å². The van der Waals surface area contributed by atoms with Crippen molar-refractivity contribution in [2.45, 2.75) is 37.6 Å². The van der Waals surface area contributed by atoms with E-state index < -0.39 is 17.5 Å². The molecule has 98 valence electrons. The number of hydrogen-bond donors (Lipinski definition) is 2. The van der Waals surface area contributed by atoms with Crippen molar-refractivity contribution in [3.8, 4) is 0 Å². The zero-order valence-electron chi connectivity index (χ0n) is 9.96. The van der Waals surface area contributed by atoms with Gasteiger partial charge in [0.25, 0.3) is 0 Å². The van der Waals surface area contributed by atoms with Gasteiger partial charge in [-0.15, -0.1) is 0 Å². The fourth-order valence-corrected chi connectivity index (χ4v) is 2.59. The summed E-state index contributed by atoms with van der Waals surface area (Å²) in [5, 5.41) is 0. The molecule has 2 rings (SSSR count). The molecule has 0 atom stereocenters. The van der Waals surface area contributed by atoms with Crippen LogP contribution in [0.3, 0.4) is 0 Å². The summed E-state index contributed by atoms with van der Waals surface area (Å²) in [6.07, 6.45) is 2.81. The van der Waals surface area contributed by atoms with Gasteiger partial charge in [-0.1, -0.05) is 0 Å². The number of amides is 1. The van der Waals surface area contributed by atoms with Crippen molar-refractivity contribution < 1.29 is 13.6 Å². The molecule has 0 bridgehead atoms. The summed E-state index contributed by atoms with van der Waals surface area (Å²) < 4.78 is 27.2. The fourth-order valence-electron chi connectivity index (χ4n) is 2.59. The molecule has 0 heterocycles. The maximum Gasteiger partial charge on any atom is 0.249 e. The van der Waals surface area contributed by atoms with Crippen LogP contribution in [0.5, 0.6) is 0 Å². The monoisotopic (exact) mass is 254 g/mol. The highest BCUT2D eigenvalue weighted by molar-refractivity contribution is 5.94. The minimum atomic E-state index is -0.952. The average Bonchev–Trinajstić information content (AvgIpc) is 2.33. The van der Waals surface area contributed by atoms with Crippen LogP contribution in [0.1, 0.15) is 47.5 Å². The van der Waals surface area contributed by atoms with E-state index >= 15 is 0 Å². The lowest BCUT2D eigenvalue weighted by Gasteiger charge is -2.27. The molecule has 0 aromatic heterocycles. The van der Waals surface area contributed by atoms with Crippen molar-refractivity contribution in [1.82, 2.24) is 0 Å². The number of rotatable bonds is 2. The lowest BCUT2D eigenvalue weighted by Crippen LogP contribution is -2.27. The normalized spacial score (nSPS) is 23.9. The number of halogens is 2. The molecule has 4 N–H and O–H groups in total. The molecular weight excluding hydrogens is 238 g/mol. The lowest BCUT2D eigenvalue weighted by molar-refractivity contribution is 0.0998. The summed E-state index contributed by atoms with van der Waals surface area (Å²) in [5.41, 5.74) is 11.2. The van der Waals surface area contributed by atoms with Crippen LogP contribution in [0.15, 0.2) is 12.1 Å². The van der Waals surface area contributed by atoms with Gasteiger partial charge in [0, 0.05) is 17.2 Å². The van der Waals surface area contributed by atoms with Crippen molar-refractivity contribution >= 4 is 5.91 Å². The number of hydrogen-bond acceptors (Lipinski definition) is 2. The zero-order chi connectivity index (χ0) is 13.3. The summed E-state index contributed by atoms with van der Waals surface area (Å²) >= 11 is 0. The summed E-state index contributed by atoms with van der Waals surface area (Å²) in [6.45, 7) is 0. The first-order valence-electron chi connectivity index (χ1n) is 6.04. The van der Waals surface area contributed by atoms with Crippen molar-refractivity contribution in [3.63, 3.8) is 0 Å². The van der Waals surface area contributed by atoms with Crippen LogP contribution in [0, 0.1) is 11.6 Å². The van der Waals surface area contributed by atoms with Crippen LogP contribution in [-0.2, 0) is 0 Å². The minimum Gasteiger partial charge on any atom is -0.366 e. The third-order valence-corrected chi connectivity index (χ3v) is 3.58. The third kappa shape index (κ3) is 2.36. The van der Waals surface area contributed by atoms with E-state index in [1.165, 1.54) is 6.07 Å². The first-order valence-corrected chi connectivity index (χ1v) is 6.04. The molecule has 1 aromatic rings. The SMILES string of the molecule is NC(=O)c1ccc(F)c(F)c1C1CCC(N)CC1. The first-order chi connectivity index (χ1) is 8.50. The third-order valence-electron chi connectivity index (χ3n) is 3.58. The van der Waals surface area contributed by atoms with Gasteiger partial charge in [0.1, 0.15) is 0 Å². The maximum atomic E-state index is 13.9. The summed E-state index contributed by atoms with van der Waals surface area (Å²) in [5.74, 6) is -2.79. The zero-order valence-corrected chi connectivity index (χ0v) is 9.96. The lowest BCUT2D eigenvalue weighted by atomic mass is 9.80. The van der Waals surface area contributed by atoms with Gasteiger partial charge in [-0.3, -0.25) is 4.79 Å². The molecule has 0 saturated heterocycles. The highest BCUT2D eigenvalue weighted by atomic mass is 19.2. The van der Waals surface area contributed by atoms with Crippen molar-refractivity contribution in [1.29, 1.82) is 0 Å². The summed E-state index contributed by atoms with van der Waals surface area (Å²) in [6, 6.07) is 2.30. The molecule has 0 aliphatic heterocycles. The van der Waals surface area contributed by atoms with E-state index in [-0.39, 0.29) is 23.1 Å². The number of nitrogens with two attached hydrogens (primary N) is 2. The molecule has 18 heavy (non-hydrogen) atoms. The van der Waals surface area contributed by atoms with Crippen LogP contribution in [0.2, 0.25) is 0 Å². The Hall–Kier alpha value is -1.49. The van der Waals surface area contributed by atoms with Crippen LogP contribution in [0.25, 0.3) is 0 Å². The van der Waals surface area contributed by atoms with E-state index in [4.69, 9.17) is 11.5 Å². The van der Waals surface area contributed by atoms with E-state index in [1.807, 2.05) is 0 Å². The minimum absolute atomic E-state index is 0.0781. The molecule has 5 heteroatoms. The maximum absolute atomic E-state index is 13.9. The second-order valence-corrected chi connectivity index (χ2v) is 4.80. The molecule has 0 radical (unpaired) electrons. The van der Waals surface area contributed by atoms with Crippen LogP contribution in [-0.4, -0.2) is 11.9 Å². The van der Waals surface area contributed by atoms with Gasteiger partial charge < -0.3 is 11.5 Å². The van der Waals surface area contributed by atoms with Crippen molar-refractivity contribution in [3.05, 3.63) is 34.9 Å². The number of benzene rings is 1. The first kappa shape index (κ1) is 13.0. The molecule has 0 unspecified atom stereocenters.